The molecule has 1 atom stereocenters. The first-order valence-electron chi connectivity index (χ1n) is 4.92. The molecule has 5 heteroatoms. The van der Waals surface area contributed by atoms with Crippen molar-refractivity contribution < 1.29 is 8.42 Å². The first-order chi connectivity index (χ1) is 7.43. The van der Waals surface area contributed by atoms with Crippen molar-refractivity contribution in [3.63, 3.8) is 0 Å². The maximum absolute atomic E-state index is 12.1. The summed E-state index contributed by atoms with van der Waals surface area (Å²) >= 11 is 3.35. The summed E-state index contributed by atoms with van der Waals surface area (Å²) in [5, 5.41) is 0. The monoisotopic (exact) mass is 301 g/mol. The topological polar surface area (TPSA) is 60.2 Å². The number of halogens is 1. The van der Waals surface area contributed by atoms with Crippen LogP contribution >= 0.6 is 15.9 Å². The maximum Gasteiger partial charge on any atom is 0.203 e. The quantitative estimate of drug-likeness (QED) is 0.912. The molecule has 1 aliphatic heterocycles. The summed E-state index contributed by atoms with van der Waals surface area (Å²) in [5.74, 6) is 0. The van der Waals surface area contributed by atoms with Crippen molar-refractivity contribution >= 4 is 31.8 Å². The molecule has 0 saturated heterocycles. The minimum Gasteiger partial charge on any atom is -0.328 e. The van der Waals surface area contributed by atoms with E-state index in [4.69, 9.17) is 5.73 Å². The number of benzene rings is 1. The molecular formula is C11H12BrNO2S. The number of fused-ring (bicyclic) bond motifs is 1. The lowest BCUT2D eigenvalue weighted by Crippen LogP contribution is -2.17. The van der Waals surface area contributed by atoms with Gasteiger partial charge in [-0.15, -0.1) is 0 Å². The summed E-state index contributed by atoms with van der Waals surface area (Å²) in [6, 6.07) is 5.03. The largest absolute Gasteiger partial charge is 0.328 e. The van der Waals surface area contributed by atoms with Gasteiger partial charge in [0, 0.05) is 16.1 Å². The molecule has 0 saturated carbocycles. The lowest BCUT2D eigenvalue weighted by atomic mass is 10.1. The molecule has 0 radical (unpaired) electrons. The van der Waals surface area contributed by atoms with E-state index in [1.807, 2.05) is 6.07 Å². The van der Waals surface area contributed by atoms with Gasteiger partial charge in [-0.05, 0) is 31.6 Å². The van der Waals surface area contributed by atoms with Gasteiger partial charge in [0.2, 0.25) is 9.84 Å². The van der Waals surface area contributed by atoms with Crippen molar-refractivity contribution in [3.8, 4) is 0 Å². The van der Waals surface area contributed by atoms with E-state index in [0.717, 1.165) is 10.0 Å². The second-order valence-electron chi connectivity index (χ2n) is 3.95. The van der Waals surface area contributed by atoms with Gasteiger partial charge in [0.1, 0.15) is 0 Å². The fraction of sp³-hybridized carbons (Fsp3) is 0.273. The van der Waals surface area contributed by atoms with E-state index in [1.165, 1.54) is 0 Å². The van der Waals surface area contributed by atoms with Gasteiger partial charge in [0.15, 0.2) is 0 Å². The lowest BCUT2D eigenvalue weighted by Gasteiger charge is -2.06. The predicted molar refractivity (Wildman–Crippen MR) is 67.6 cm³/mol. The van der Waals surface area contributed by atoms with Crippen LogP contribution in [0.15, 0.2) is 32.5 Å². The SMILES string of the molecule is CC(N)CC1=Cc2c(Br)cccc2S1(=O)=O. The van der Waals surface area contributed by atoms with Crippen LogP contribution in [0.2, 0.25) is 0 Å². The lowest BCUT2D eigenvalue weighted by molar-refractivity contribution is 0.599. The van der Waals surface area contributed by atoms with Crippen LogP contribution in [0, 0.1) is 0 Å². The highest BCUT2D eigenvalue weighted by atomic mass is 79.9. The van der Waals surface area contributed by atoms with Gasteiger partial charge in [-0.2, -0.15) is 0 Å². The molecule has 1 aromatic carbocycles. The minimum absolute atomic E-state index is 0.158. The Kier molecular flexibility index (Phi) is 2.94. The zero-order valence-electron chi connectivity index (χ0n) is 8.77. The van der Waals surface area contributed by atoms with E-state index < -0.39 is 9.84 Å². The average Bonchev–Trinajstić information content (AvgIpc) is 2.41. The Hall–Kier alpha value is -0.650. The Morgan fingerprint density at radius 3 is 2.69 bits per heavy atom. The van der Waals surface area contributed by atoms with E-state index in [-0.39, 0.29) is 6.04 Å². The third-order valence-electron chi connectivity index (χ3n) is 2.48. The fourth-order valence-electron chi connectivity index (χ4n) is 1.76. The van der Waals surface area contributed by atoms with E-state index in [1.54, 1.807) is 25.1 Å². The van der Waals surface area contributed by atoms with Crippen LogP contribution in [0.1, 0.15) is 18.9 Å². The van der Waals surface area contributed by atoms with Gasteiger partial charge in [0.05, 0.1) is 9.80 Å². The standard InChI is InChI=1S/C11H12BrNO2S/c1-7(13)5-8-6-9-10(12)3-2-4-11(9)16(8,14)15/h2-4,6-7H,5,13H2,1H3. The number of hydrogen-bond donors (Lipinski definition) is 1. The smallest absolute Gasteiger partial charge is 0.203 e. The zero-order chi connectivity index (χ0) is 11.9. The Labute approximate surface area is 103 Å². The summed E-state index contributed by atoms with van der Waals surface area (Å²) in [5.41, 5.74) is 6.38. The summed E-state index contributed by atoms with van der Waals surface area (Å²) in [7, 11) is -3.31. The van der Waals surface area contributed by atoms with E-state index in [9.17, 15) is 8.42 Å². The molecule has 1 unspecified atom stereocenters. The fourth-order valence-corrected chi connectivity index (χ4v) is 4.12. The molecule has 86 valence electrons. The van der Waals surface area contributed by atoms with E-state index in [2.05, 4.69) is 15.9 Å². The molecule has 1 aliphatic rings. The van der Waals surface area contributed by atoms with Crippen molar-refractivity contribution in [3.05, 3.63) is 33.1 Å². The molecule has 0 aliphatic carbocycles. The van der Waals surface area contributed by atoms with Crippen molar-refractivity contribution in [2.45, 2.75) is 24.3 Å². The van der Waals surface area contributed by atoms with Gasteiger partial charge >= 0.3 is 0 Å². The maximum atomic E-state index is 12.1. The van der Waals surface area contributed by atoms with Crippen LogP contribution in [0.4, 0.5) is 0 Å². The normalized spacial score (nSPS) is 19.1. The molecule has 3 nitrogen and oxygen atoms in total. The van der Waals surface area contributed by atoms with Crippen molar-refractivity contribution in [2.75, 3.05) is 0 Å². The summed E-state index contributed by atoms with van der Waals surface area (Å²) in [6.07, 6.45) is 2.08. The first-order valence-corrected chi connectivity index (χ1v) is 7.20. The van der Waals surface area contributed by atoms with Crippen molar-refractivity contribution in [1.29, 1.82) is 0 Å². The third-order valence-corrected chi connectivity index (χ3v) is 5.08. The van der Waals surface area contributed by atoms with Crippen LogP contribution in [-0.2, 0) is 9.84 Å². The van der Waals surface area contributed by atoms with Crippen molar-refractivity contribution in [2.24, 2.45) is 5.73 Å². The number of rotatable bonds is 2. The molecule has 2 rings (SSSR count). The minimum atomic E-state index is -3.31. The van der Waals surface area contributed by atoms with Crippen LogP contribution in [0.25, 0.3) is 6.08 Å². The number of nitrogens with two attached hydrogens (primary N) is 1. The van der Waals surface area contributed by atoms with Gasteiger partial charge in [0.25, 0.3) is 0 Å². The molecule has 2 N–H and O–H groups in total. The Bertz CT molecular complexity index is 561. The zero-order valence-corrected chi connectivity index (χ0v) is 11.2. The molecular weight excluding hydrogens is 290 g/mol. The molecule has 1 heterocycles. The predicted octanol–water partition coefficient (Wildman–Crippen LogP) is 2.31. The third kappa shape index (κ3) is 1.83. The highest BCUT2D eigenvalue weighted by molar-refractivity contribution is 9.10. The summed E-state index contributed by atoms with van der Waals surface area (Å²) in [6.45, 7) is 1.80. The molecule has 0 aromatic heterocycles. The van der Waals surface area contributed by atoms with Crippen LogP contribution in [0.3, 0.4) is 0 Å². The average molecular weight is 302 g/mol. The highest BCUT2D eigenvalue weighted by Crippen LogP contribution is 2.38. The summed E-state index contributed by atoms with van der Waals surface area (Å²) in [4.78, 5) is 0.780. The Morgan fingerprint density at radius 2 is 2.12 bits per heavy atom. The van der Waals surface area contributed by atoms with Gasteiger partial charge in [-0.25, -0.2) is 8.42 Å². The highest BCUT2D eigenvalue weighted by Gasteiger charge is 2.30. The molecule has 0 bridgehead atoms. The van der Waals surface area contributed by atoms with Gasteiger partial charge in [-0.1, -0.05) is 22.0 Å². The Balaban J connectivity index is 2.57. The van der Waals surface area contributed by atoms with Crippen LogP contribution in [-0.4, -0.2) is 14.5 Å². The van der Waals surface area contributed by atoms with Crippen LogP contribution < -0.4 is 5.73 Å². The molecule has 0 spiro atoms. The van der Waals surface area contributed by atoms with E-state index in [0.29, 0.717) is 16.2 Å². The van der Waals surface area contributed by atoms with E-state index >= 15 is 0 Å². The number of hydrogen-bond acceptors (Lipinski definition) is 3. The second kappa shape index (κ2) is 3.98. The molecule has 1 aromatic rings. The van der Waals surface area contributed by atoms with Gasteiger partial charge in [-0.3, -0.25) is 0 Å². The second-order valence-corrected chi connectivity index (χ2v) is 6.77. The molecule has 16 heavy (non-hydrogen) atoms. The molecule has 0 amide bonds. The molecule has 0 fully saturated rings. The summed E-state index contributed by atoms with van der Waals surface area (Å²) < 4.78 is 25.1. The van der Waals surface area contributed by atoms with Crippen molar-refractivity contribution in [1.82, 2.24) is 0 Å². The van der Waals surface area contributed by atoms with Crippen LogP contribution in [0.5, 0.6) is 0 Å². The first kappa shape index (κ1) is 11.8. The number of sulfone groups is 1. The Morgan fingerprint density at radius 1 is 1.44 bits per heavy atom. The van der Waals surface area contributed by atoms with Gasteiger partial charge < -0.3 is 5.73 Å².